The molecule has 2 atom stereocenters. The molecule has 1 saturated heterocycles. The number of rotatable bonds is 2. The number of nitrogens with zero attached hydrogens (tertiary/aromatic N) is 1. The molecule has 0 aromatic carbocycles. The van der Waals surface area contributed by atoms with Gasteiger partial charge in [0.25, 0.3) is 0 Å². The highest BCUT2D eigenvalue weighted by molar-refractivity contribution is 6.23. The highest BCUT2D eigenvalue weighted by atomic mass is 35.5. The molecule has 0 aliphatic carbocycles. The van der Waals surface area contributed by atoms with E-state index in [2.05, 4.69) is 9.47 Å². The van der Waals surface area contributed by atoms with Crippen molar-refractivity contribution in [3.05, 3.63) is 0 Å². The van der Waals surface area contributed by atoms with Crippen LogP contribution in [0.3, 0.4) is 0 Å². The molecule has 1 rings (SSSR count). The second-order valence-electron chi connectivity index (χ2n) is 3.27. The molecular weight excluding hydrogens is 241 g/mol. The Morgan fingerprint density at radius 3 is 2.75 bits per heavy atom. The zero-order valence-corrected chi connectivity index (χ0v) is 9.79. The summed E-state index contributed by atoms with van der Waals surface area (Å²) in [6, 6.07) is 0. The number of likely N-dealkylation sites (tertiary alicyclic amines) is 1. The number of amides is 1. The van der Waals surface area contributed by atoms with Gasteiger partial charge in [-0.05, 0) is 13.3 Å². The molecule has 0 aromatic rings. The Bertz CT molecular complexity index is 301. The van der Waals surface area contributed by atoms with Crippen LogP contribution in [0.2, 0.25) is 0 Å². The summed E-state index contributed by atoms with van der Waals surface area (Å²) in [6.07, 6.45) is -0.732. The van der Waals surface area contributed by atoms with Crippen molar-refractivity contribution >= 4 is 23.7 Å². The van der Waals surface area contributed by atoms with E-state index in [1.165, 1.54) is 0 Å². The predicted octanol–water partition coefficient (Wildman–Crippen LogP) is 1.29. The molecule has 0 N–H and O–H groups in total. The molecule has 1 heterocycles. The van der Waals surface area contributed by atoms with Gasteiger partial charge in [0.1, 0.15) is 0 Å². The summed E-state index contributed by atoms with van der Waals surface area (Å²) >= 11 is 5.71. The number of carbonyl (C=O) groups excluding carboxylic acids is 2. The lowest BCUT2D eigenvalue weighted by molar-refractivity contribution is -0.163. The molecule has 0 radical (unpaired) electrons. The Kier molecular flexibility index (Phi) is 3.96. The van der Waals surface area contributed by atoms with E-state index < -0.39 is 23.2 Å². The van der Waals surface area contributed by atoms with Crippen LogP contribution < -0.4 is 0 Å². The summed E-state index contributed by atoms with van der Waals surface area (Å²) in [5, 5.41) is -1.12. The van der Waals surface area contributed by atoms with Crippen LogP contribution in [0, 0.1) is 0 Å². The minimum absolute atomic E-state index is 0.0264. The molecular formula is C9H13ClFNO4. The zero-order valence-electron chi connectivity index (χ0n) is 9.03. The summed E-state index contributed by atoms with van der Waals surface area (Å²) in [4.78, 5) is 23.4. The van der Waals surface area contributed by atoms with Gasteiger partial charge in [-0.15, -0.1) is 11.6 Å². The summed E-state index contributed by atoms with van der Waals surface area (Å²) in [6.45, 7) is 1.71. The molecule has 92 valence electrons. The average Bonchev–Trinajstić information content (AvgIpc) is 2.56. The lowest BCUT2D eigenvalue weighted by Gasteiger charge is -2.29. The van der Waals surface area contributed by atoms with Crippen LogP contribution in [0.15, 0.2) is 0 Å². The van der Waals surface area contributed by atoms with Crippen LogP contribution >= 0.6 is 11.6 Å². The summed E-state index contributed by atoms with van der Waals surface area (Å²) in [5.41, 5.74) is 0. The normalized spacial score (nSPS) is 29.0. The number of hydrogen-bond donors (Lipinski definition) is 0. The molecule has 0 unspecified atom stereocenters. The Labute approximate surface area is 97.4 Å². The molecule has 0 saturated carbocycles. The van der Waals surface area contributed by atoms with E-state index in [1.54, 1.807) is 6.92 Å². The van der Waals surface area contributed by atoms with Crippen LogP contribution in [0.1, 0.15) is 13.3 Å². The van der Waals surface area contributed by atoms with Crippen LogP contribution in [0.4, 0.5) is 9.18 Å². The molecule has 1 amide bonds. The van der Waals surface area contributed by atoms with Crippen molar-refractivity contribution in [3.8, 4) is 0 Å². The third kappa shape index (κ3) is 1.93. The van der Waals surface area contributed by atoms with Crippen LogP contribution in [0.25, 0.3) is 0 Å². The molecule has 0 bridgehead atoms. The van der Waals surface area contributed by atoms with E-state index in [4.69, 9.17) is 11.6 Å². The highest BCUT2D eigenvalue weighted by Gasteiger charge is 2.58. The molecule has 5 nitrogen and oxygen atoms in total. The third-order valence-corrected chi connectivity index (χ3v) is 2.88. The van der Waals surface area contributed by atoms with E-state index in [0.717, 1.165) is 7.11 Å². The standard InChI is InChI=1S/C9H13ClFNO4/c1-3-16-8(14)12-5-4-6(10)9(12,11)7(13)15-2/h6H,3-5H2,1-2H3/t6-,9+/m0/s1. The Balaban J connectivity index is 2.93. The quantitative estimate of drug-likeness (QED) is 0.423. The monoisotopic (exact) mass is 253 g/mol. The number of methoxy groups -OCH3 is 1. The molecule has 7 heteroatoms. The van der Waals surface area contributed by atoms with Gasteiger partial charge in [-0.25, -0.2) is 14.0 Å². The van der Waals surface area contributed by atoms with Gasteiger partial charge in [0.15, 0.2) is 0 Å². The molecule has 1 aliphatic heterocycles. The number of esters is 1. The van der Waals surface area contributed by atoms with Crippen molar-refractivity contribution < 1.29 is 23.5 Å². The summed E-state index contributed by atoms with van der Waals surface area (Å²) in [5.74, 6) is -3.82. The molecule has 0 spiro atoms. The maximum atomic E-state index is 14.4. The van der Waals surface area contributed by atoms with Crippen molar-refractivity contribution in [2.45, 2.75) is 24.5 Å². The first-order chi connectivity index (χ1) is 7.48. The van der Waals surface area contributed by atoms with Gasteiger partial charge in [-0.3, -0.25) is 4.90 Å². The number of hydrogen-bond acceptors (Lipinski definition) is 4. The minimum Gasteiger partial charge on any atom is -0.465 e. The number of halogens is 2. The van der Waals surface area contributed by atoms with Gasteiger partial charge in [0.05, 0.1) is 19.1 Å². The van der Waals surface area contributed by atoms with Crippen molar-refractivity contribution in [2.75, 3.05) is 20.3 Å². The zero-order chi connectivity index (χ0) is 12.3. The maximum Gasteiger partial charge on any atom is 0.412 e. The average molecular weight is 254 g/mol. The Hall–Kier alpha value is -1.04. The Morgan fingerprint density at radius 1 is 1.62 bits per heavy atom. The first kappa shape index (κ1) is 13.0. The molecule has 0 aromatic heterocycles. The van der Waals surface area contributed by atoms with Gasteiger partial charge >= 0.3 is 17.9 Å². The smallest absolute Gasteiger partial charge is 0.412 e. The van der Waals surface area contributed by atoms with Gasteiger partial charge in [0, 0.05) is 6.54 Å². The van der Waals surface area contributed by atoms with Gasteiger partial charge in [-0.2, -0.15) is 0 Å². The second kappa shape index (κ2) is 4.86. The van der Waals surface area contributed by atoms with E-state index in [1.807, 2.05) is 0 Å². The van der Waals surface area contributed by atoms with E-state index in [9.17, 15) is 14.0 Å². The van der Waals surface area contributed by atoms with Crippen LogP contribution in [-0.2, 0) is 14.3 Å². The van der Waals surface area contributed by atoms with Gasteiger partial charge in [-0.1, -0.05) is 0 Å². The van der Waals surface area contributed by atoms with E-state index >= 15 is 0 Å². The fourth-order valence-corrected chi connectivity index (χ4v) is 1.88. The summed E-state index contributed by atoms with van der Waals surface area (Å²) in [7, 11) is 1.04. The van der Waals surface area contributed by atoms with Crippen molar-refractivity contribution in [1.29, 1.82) is 0 Å². The first-order valence-electron chi connectivity index (χ1n) is 4.84. The van der Waals surface area contributed by atoms with Crippen LogP contribution in [0.5, 0.6) is 0 Å². The van der Waals surface area contributed by atoms with Gasteiger partial charge in [0.2, 0.25) is 0 Å². The topological polar surface area (TPSA) is 55.8 Å². The maximum absolute atomic E-state index is 14.4. The van der Waals surface area contributed by atoms with Crippen molar-refractivity contribution in [3.63, 3.8) is 0 Å². The SMILES string of the molecule is CCOC(=O)N1CC[C@H](Cl)[C@]1(F)C(=O)OC. The number of ether oxygens (including phenoxy) is 2. The highest BCUT2D eigenvalue weighted by Crippen LogP contribution is 2.36. The molecule has 1 aliphatic rings. The predicted molar refractivity (Wildman–Crippen MR) is 53.8 cm³/mol. The molecule has 16 heavy (non-hydrogen) atoms. The molecule has 1 fully saturated rings. The van der Waals surface area contributed by atoms with Gasteiger partial charge < -0.3 is 9.47 Å². The van der Waals surface area contributed by atoms with Crippen molar-refractivity contribution in [1.82, 2.24) is 4.90 Å². The lowest BCUT2D eigenvalue weighted by Crippen LogP contribution is -2.54. The van der Waals surface area contributed by atoms with E-state index in [0.29, 0.717) is 4.90 Å². The van der Waals surface area contributed by atoms with E-state index in [-0.39, 0.29) is 19.6 Å². The largest absolute Gasteiger partial charge is 0.465 e. The first-order valence-corrected chi connectivity index (χ1v) is 5.27. The number of alkyl halides is 2. The van der Waals surface area contributed by atoms with Crippen LogP contribution in [-0.4, -0.2) is 48.4 Å². The fourth-order valence-electron chi connectivity index (χ4n) is 1.57. The number of carbonyl (C=O) groups is 2. The fraction of sp³-hybridized carbons (Fsp3) is 0.778. The Morgan fingerprint density at radius 2 is 2.25 bits per heavy atom. The second-order valence-corrected chi connectivity index (χ2v) is 3.80. The summed E-state index contributed by atoms with van der Waals surface area (Å²) < 4.78 is 23.3. The minimum atomic E-state index is -2.64. The lowest BCUT2D eigenvalue weighted by atomic mass is 10.2. The van der Waals surface area contributed by atoms with Crippen molar-refractivity contribution in [2.24, 2.45) is 0 Å². The third-order valence-electron chi connectivity index (χ3n) is 2.37.